The van der Waals surface area contributed by atoms with E-state index in [0.717, 1.165) is 22.6 Å². The van der Waals surface area contributed by atoms with E-state index in [1.165, 1.54) is 11.3 Å². The van der Waals surface area contributed by atoms with Gasteiger partial charge in [0.25, 0.3) is 0 Å². The van der Waals surface area contributed by atoms with Crippen LogP contribution in [0.1, 0.15) is 13.8 Å². The lowest BCUT2D eigenvalue weighted by Crippen LogP contribution is -2.07. The number of methoxy groups -OCH3 is 1. The van der Waals surface area contributed by atoms with Crippen LogP contribution in [0.5, 0.6) is 5.75 Å². The van der Waals surface area contributed by atoms with Crippen LogP contribution in [0, 0.1) is 0 Å². The summed E-state index contributed by atoms with van der Waals surface area (Å²) in [5, 5.41) is 5.23. The fraction of sp³-hybridized carbons (Fsp3) is 0.200. The van der Waals surface area contributed by atoms with Crippen molar-refractivity contribution in [1.82, 2.24) is 4.98 Å². The first-order valence-electron chi connectivity index (χ1n) is 6.15. The number of carbonyl (C=O) groups is 1. The maximum atomic E-state index is 11.6. The average Bonchev–Trinajstić information content (AvgIpc) is 2.85. The molecule has 0 atom stereocenters. The van der Waals surface area contributed by atoms with Gasteiger partial charge in [0.15, 0.2) is 5.13 Å². The van der Waals surface area contributed by atoms with Crippen molar-refractivity contribution in [3.05, 3.63) is 41.3 Å². The van der Waals surface area contributed by atoms with Gasteiger partial charge in [0.1, 0.15) is 5.75 Å². The first-order valence-corrected chi connectivity index (χ1v) is 7.03. The molecule has 0 spiro atoms. The number of hydrogen-bond acceptors (Lipinski definition) is 4. The van der Waals surface area contributed by atoms with Crippen molar-refractivity contribution >= 4 is 22.4 Å². The number of carbonyl (C=O) groups excluding carboxylic acids is 1. The van der Waals surface area contributed by atoms with E-state index in [-0.39, 0.29) is 5.91 Å². The molecule has 0 aliphatic rings. The molecule has 2 rings (SSSR count). The quantitative estimate of drug-likeness (QED) is 0.872. The number of ether oxygens (including phenoxy) is 1. The number of nitrogens with one attached hydrogen (secondary N) is 1. The van der Waals surface area contributed by atoms with Gasteiger partial charge in [0, 0.05) is 17.0 Å². The van der Waals surface area contributed by atoms with Crippen molar-refractivity contribution in [2.75, 3.05) is 12.4 Å². The number of anilines is 1. The molecule has 4 nitrogen and oxygen atoms in total. The standard InChI is InChI=1S/C15H16N2O2S/c1-10(2)8-14(18)17-15-16-12(9-20-15)11-6-4-5-7-13(11)19-3/h4-9H,1-3H3,(H,16,17,18). The highest BCUT2D eigenvalue weighted by atomic mass is 32.1. The Labute approximate surface area is 122 Å². The Morgan fingerprint density at radius 1 is 1.35 bits per heavy atom. The molecule has 0 fully saturated rings. The second-order valence-electron chi connectivity index (χ2n) is 4.45. The molecule has 1 aromatic carbocycles. The van der Waals surface area contributed by atoms with E-state index in [0.29, 0.717) is 5.13 Å². The summed E-state index contributed by atoms with van der Waals surface area (Å²) in [6.07, 6.45) is 1.55. The number of aromatic nitrogens is 1. The summed E-state index contributed by atoms with van der Waals surface area (Å²) >= 11 is 1.39. The molecule has 0 saturated heterocycles. The third-order valence-corrected chi connectivity index (χ3v) is 3.29. The SMILES string of the molecule is COc1ccccc1-c1csc(NC(=O)C=C(C)C)n1. The fourth-order valence-electron chi connectivity index (χ4n) is 1.71. The summed E-state index contributed by atoms with van der Waals surface area (Å²) in [4.78, 5) is 16.1. The predicted molar refractivity (Wildman–Crippen MR) is 82.2 cm³/mol. The lowest BCUT2D eigenvalue weighted by atomic mass is 10.1. The van der Waals surface area contributed by atoms with Crippen LogP contribution in [-0.2, 0) is 4.79 Å². The first-order chi connectivity index (χ1) is 9.60. The zero-order valence-corrected chi connectivity index (χ0v) is 12.5. The maximum absolute atomic E-state index is 11.6. The predicted octanol–water partition coefficient (Wildman–Crippen LogP) is 3.72. The lowest BCUT2D eigenvalue weighted by molar-refractivity contribution is -0.111. The van der Waals surface area contributed by atoms with Crippen LogP contribution in [0.25, 0.3) is 11.3 Å². The molecular formula is C15H16N2O2S. The van der Waals surface area contributed by atoms with Crippen LogP contribution in [0.2, 0.25) is 0 Å². The Hall–Kier alpha value is -2.14. The number of hydrogen-bond donors (Lipinski definition) is 1. The molecule has 20 heavy (non-hydrogen) atoms. The first kappa shape index (κ1) is 14.3. The molecule has 1 aromatic heterocycles. The van der Waals surface area contributed by atoms with Gasteiger partial charge < -0.3 is 4.74 Å². The summed E-state index contributed by atoms with van der Waals surface area (Å²) in [5.41, 5.74) is 2.65. The van der Waals surface area contributed by atoms with Gasteiger partial charge in [0.2, 0.25) is 5.91 Å². The van der Waals surface area contributed by atoms with E-state index in [1.54, 1.807) is 13.2 Å². The Morgan fingerprint density at radius 3 is 2.80 bits per heavy atom. The topological polar surface area (TPSA) is 51.2 Å². The molecule has 0 unspecified atom stereocenters. The van der Waals surface area contributed by atoms with E-state index < -0.39 is 0 Å². The Kier molecular flexibility index (Phi) is 4.53. The molecule has 0 radical (unpaired) electrons. The Bertz CT molecular complexity index is 643. The van der Waals surface area contributed by atoms with E-state index in [4.69, 9.17) is 4.74 Å². The van der Waals surface area contributed by atoms with Crippen LogP contribution >= 0.6 is 11.3 Å². The van der Waals surface area contributed by atoms with E-state index in [2.05, 4.69) is 10.3 Å². The zero-order valence-electron chi connectivity index (χ0n) is 11.6. The molecule has 2 aromatic rings. The van der Waals surface area contributed by atoms with Gasteiger partial charge in [-0.1, -0.05) is 17.7 Å². The molecule has 1 heterocycles. The van der Waals surface area contributed by atoms with E-state index in [9.17, 15) is 4.79 Å². The number of thiazole rings is 1. The maximum Gasteiger partial charge on any atom is 0.250 e. The highest BCUT2D eigenvalue weighted by molar-refractivity contribution is 7.14. The third kappa shape index (κ3) is 3.45. The number of allylic oxidation sites excluding steroid dienone is 1. The van der Waals surface area contributed by atoms with Gasteiger partial charge in [-0.25, -0.2) is 4.98 Å². The van der Waals surface area contributed by atoms with Crippen molar-refractivity contribution in [3.63, 3.8) is 0 Å². The molecule has 104 valence electrons. The van der Waals surface area contributed by atoms with Gasteiger partial charge >= 0.3 is 0 Å². The van der Waals surface area contributed by atoms with Crippen LogP contribution in [0.4, 0.5) is 5.13 Å². The summed E-state index contributed by atoms with van der Waals surface area (Å²) < 4.78 is 5.31. The summed E-state index contributed by atoms with van der Waals surface area (Å²) in [6, 6.07) is 7.66. The monoisotopic (exact) mass is 288 g/mol. The number of benzene rings is 1. The van der Waals surface area contributed by atoms with Gasteiger partial charge in [-0.05, 0) is 26.0 Å². The second-order valence-corrected chi connectivity index (χ2v) is 5.31. The van der Waals surface area contributed by atoms with Crippen LogP contribution in [0.3, 0.4) is 0 Å². The normalized spacial score (nSPS) is 9.95. The van der Waals surface area contributed by atoms with Crippen molar-refractivity contribution in [3.8, 4) is 17.0 Å². The van der Waals surface area contributed by atoms with E-state index in [1.807, 2.05) is 43.5 Å². The zero-order chi connectivity index (χ0) is 14.5. The fourth-order valence-corrected chi connectivity index (χ4v) is 2.43. The van der Waals surface area contributed by atoms with E-state index >= 15 is 0 Å². The largest absolute Gasteiger partial charge is 0.496 e. The van der Waals surface area contributed by atoms with Crippen LogP contribution in [-0.4, -0.2) is 18.0 Å². The average molecular weight is 288 g/mol. The Morgan fingerprint density at radius 2 is 2.10 bits per heavy atom. The minimum Gasteiger partial charge on any atom is -0.496 e. The molecule has 0 aliphatic heterocycles. The minimum absolute atomic E-state index is 0.161. The number of rotatable bonds is 4. The van der Waals surface area contributed by atoms with Crippen molar-refractivity contribution in [2.45, 2.75) is 13.8 Å². The Balaban J connectivity index is 2.21. The van der Waals surface area contributed by atoms with Gasteiger partial charge in [0.05, 0.1) is 12.8 Å². The molecular weight excluding hydrogens is 272 g/mol. The highest BCUT2D eigenvalue weighted by Gasteiger charge is 2.10. The highest BCUT2D eigenvalue weighted by Crippen LogP contribution is 2.31. The second kappa shape index (κ2) is 6.34. The summed E-state index contributed by atoms with van der Waals surface area (Å²) in [7, 11) is 1.63. The molecule has 5 heteroatoms. The van der Waals surface area contributed by atoms with Gasteiger partial charge in [-0.3, -0.25) is 10.1 Å². The summed E-state index contributed by atoms with van der Waals surface area (Å²) in [5.74, 6) is 0.603. The van der Waals surface area contributed by atoms with Gasteiger partial charge in [-0.15, -0.1) is 11.3 Å². The number of nitrogens with zero attached hydrogens (tertiary/aromatic N) is 1. The van der Waals surface area contributed by atoms with Crippen LogP contribution < -0.4 is 10.1 Å². The summed E-state index contributed by atoms with van der Waals surface area (Å²) in [6.45, 7) is 3.75. The van der Waals surface area contributed by atoms with Gasteiger partial charge in [-0.2, -0.15) is 0 Å². The van der Waals surface area contributed by atoms with Crippen molar-refractivity contribution in [1.29, 1.82) is 0 Å². The minimum atomic E-state index is -0.161. The molecule has 0 saturated carbocycles. The third-order valence-electron chi connectivity index (χ3n) is 2.54. The van der Waals surface area contributed by atoms with Crippen LogP contribution in [0.15, 0.2) is 41.3 Å². The molecule has 0 aliphatic carbocycles. The molecule has 0 bridgehead atoms. The number of amides is 1. The molecule has 1 N–H and O–H groups in total. The lowest BCUT2D eigenvalue weighted by Gasteiger charge is -2.04. The van der Waals surface area contributed by atoms with Crippen molar-refractivity contribution < 1.29 is 9.53 Å². The number of para-hydroxylation sites is 1. The molecule has 1 amide bonds. The van der Waals surface area contributed by atoms with Crippen molar-refractivity contribution in [2.24, 2.45) is 0 Å². The smallest absolute Gasteiger partial charge is 0.250 e.